The molecule has 0 aliphatic carbocycles. The highest BCUT2D eigenvalue weighted by molar-refractivity contribution is 4.83. The predicted octanol–water partition coefficient (Wildman–Crippen LogP) is 1.88. The molecule has 0 spiro atoms. The Morgan fingerprint density at radius 1 is 1.38 bits per heavy atom. The molecule has 2 nitrogen and oxygen atoms in total. The molecule has 2 heteroatoms. The molecule has 1 aliphatic rings. The molecule has 1 heterocycles. The number of hydrogen-bond acceptors (Lipinski definition) is 2. The summed E-state index contributed by atoms with van der Waals surface area (Å²) in [6, 6.07) is 0.599. The van der Waals surface area contributed by atoms with Gasteiger partial charge in [-0.25, -0.2) is 0 Å². The summed E-state index contributed by atoms with van der Waals surface area (Å²) in [5.74, 6) is 0.529. The second kappa shape index (κ2) is 5.61. The van der Waals surface area contributed by atoms with Crippen LogP contribution in [-0.2, 0) is 0 Å². The van der Waals surface area contributed by atoms with Crippen LogP contribution >= 0.6 is 0 Å². The maximum absolute atomic E-state index is 9.10. The van der Waals surface area contributed by atoms with Gasteiger partial charge in [-0.1, -0.05) is 19.8 Å². The lowest BCUT2D eigenvalue weighted by molar-refractivity contribution is 0.175. The first-order chi connectivity index (χ1) is 6.29. The molecular weight excluding hydrogens is 162 g/mol. The van der Waals surface area contributed by atoms with Gasteiger partial charge in [-0.3, -0.25) is 0 Å². The summed E-state index contributed by atoms with van der Waals surface area (Å²) in [5.41, 5.74) is 0. The molecule has 1 rings (SSSR count). The van der Waals surface area contributed by atoms with E-state index in [1.54, 1.807) is 0 Å². The largest absolute Gasteiger partial charge is 0.396 e. The van der Waals surface area contributed by atoms with Crippen molar-refractivity contribution in [2.24, 2.45) is 5.92 Å². The van der Waals surface area contributed by atoms with Gasteiger partial charge in [-0.2, -0.15) is 0 Å². The van der Waals surface area contributed by atoms with Gasteiger partial charge in [0.1, 0.15) is 0 Å². The van der Waals surface area contributed by atoms with E-state index >= 15 is 0 Å². The van der Waals surface area contributed by atoms with Crippen LogP contribution in [0.2, 0.25) is 0 Å². The van der Waals surface area contributed by atoms with Crippen LogP contribution in [0.15, 0.2) is 0 Å². The highest BCUT2D eigenvalue weighted by Gasteiger charge is 2.28. The van der Waals surface area contributed by atoms with E-state index in [1.807, 2.05) is 0 Å². The number of unbranched alkanes of at least 4 members (excludes halogenated alkanes) is 2. The quantitative estimate of drug-likeness (QED) is 0.661. The van der Waals surface area contributed by atoms with Gasteiger partial charge < -0.3 is 10.0 Å². The van der Waals surface area contributed by atoms with Crippen molar-refractivity contribution in [1.82, 2.24) is 4.90 Å². The highest BCUT2D eigenvalue weighted by atomic mass is 16.3. The van der Waals surface area contributed by atoms with Gasteiger partial charge in [0.25, 0.3) is 0 Å². The zero-order valence-electron chi connectivity index (χ0n) is 9.00. The van der Waals surface area contributed by atoms with Crippen LogP contribution in [0.4, 0.5) is 0 Å². The van der Waals surface area contributed by atoms with Crippen LogP contribution in [0.1, 0.15) is 39.5 Å². The molecule has 78 valence electrons. The first-order valence-corrected chi connectivity index (χ1v) is 5.64. The van der Waals surface area contributed by atoms with E-state index in [2.05, 4.69) is 18.7 Å². The summed E-state index contributed by atoms with van der Waals surface area (Å²) in [7, 11) is 0. The van der Waals surface area contributed by atoms with Gasteiger partial charge >= 0.3 is 0 Å². The van der Waals surface area contributed by atoms with Gasteiger partial charge in [0.05, 0.1) is 0 Å². The number of aliphatic hydroxyl groups is 1. The Bertz CT molecular complexity index is 138. The van der Waals surface area contributed by atoms with Crippen molar-refractivity contribution in [2.45, 2.75) is 45.6 Å². The molecular formula is C11H23NO. The number of hydrogen-bond donors (Lipinski definition) is 1. The van der Waals surface area contributed by atoms with Crippen molar-refractivity contribution in [2.75, 3.05) is 19.7 Å². The van der Waals surface area contributed by atoms with Gasteiger partial charge in [0.2, 0.25) is 0 Å². The van der Waals surface area contributed by atoms with Crippen LogP contribution in [0.25, 0.3) is 0 Å². The molecule has 0 aromatic rings. The first-order valence-electron chi connectivity index (χ1n) is 5.64. The Hall–Kier alpha value is -0.0800. The molecule has 0 radical (unpaired) electrons. The third-order valence-corrected chi connectivity index (χ3v) is 3.33. The average Bonchev–Trinajstić information content (AvgIpc) is 2.48. The topological polar surface area (TPSA) is 23.5 Å². The lowest BCUT2D eigenvalue weighted by atomic mass is 10.0. The highest BCUT2D eigenvalue weighted by Crippen LogP contribution is 2.23. The molecule has 1 saturated heterocycles. The Kier molecular flexibility index (Phi) is 4.74. The van der Waals surface area contributed by atoms with Crippen molar-refractivity contribution in [1.29, 1.82) is 0 Å². The van der Waals surface area contributed by atoms with E-state index in [4.69, 9.17) is 5.11 Å². The van der Waals surface area contributed by atoms with E-state index in [0.717, 1.165) is 0 Å². The van der Waals surface area contributed by atoms with Gasteiger partial charge in [0.15, 0.2) is 0 Å². The third-order valence-electron chi connectivity index (χ3n) is 3.33. The summed E-state index contributed by atoms with van der Waals surface area (Å²) >= 11 is 0. The summed E-state index contributed by atoms with van der Waals surface area (Å²) in [6.45, 7) is 7.27. The van der Waals surface area contributed by atoms with E-state index in [-0.39, 0.29) is 0 Å². The summed E-state index contributed by atoms with van der Waals surface area (Å²) in [6.07, 6.45) is 5.14. The van der Waals surface area contributed by atoms with E-state index in [1.165, 1.54) is 38.8 Å². The molecule has 2 unspecified atom stereocenters. The van der Waals surface area contributed by atoms with Crippen LogP contribution in [0.3, 0.4) is 0 Å². The standard InChI is InChI=1S/C11H23NO/c1-3-4-5-7-12-8-6-11(9-13)10(12)2/h10-11,13H,3-9H2,1-2H3. The normalized spacial score (nSPS) is 29.8. The molecule has 2 atom stereocenters. The average molecular weight is 185 g/mol. The van der Waals surface area contributed by atoms with Crippen molar-refractivity contribution >= 4 is 0 Å². The molecule has 1 N–H and O–H groups in total. The molecule has 0 amide bonds. The van der Waals surface area contributed by atoms with E-state index in [9.17, 15) is 0 Å². The van der Waals surface area contributed by atoms with Crippen LogP contribution < -0.4 is 0 Å². The lowest BCUT2D eigenvalue weighted by Crippen LogP contribution is -2.31. The molecule has 0 aromatic heterocycles. The minimum atomic E-state index is 0.367. The number of aliphatic hydroxyl groups excluding tert-OH is 1. The zero-order valence-corrected chi connectivity index (χ0v) is 9.00. The minimum absolute atomic E-state index is 0.367. The SMILES string of the molecule is CCCCCN1CCC(CO)C1C. The third kappa shape index (κ3) is 2.96. The number of nitrogens with zero attached hydrogens (tertiary/aromatic N) is 1. The molecule has 0 aromatic carbocycles. The van der Waals surface area contributed by atoms with Crippen molar-refractivity contribution < 1.29 is 5.11 Å². The first kappa shape index (κ1) is 11.0. The molecule has 0 saturated carbocycles. The fourth-order valence-corrected chi connectivity index (χ4v) is 2.20. The zero-order chi connectivity index (χ0) is 9.68. The minimum Gasteiger partial charge on any atom is -0.396 e. The second-order valence-electron chi connectivity index (χ2n) is 4.22. The molecule has 0 bridgehead atoms. The van der Waals surface area contributed by atoms with E-state index < -0.39 is 0 Å². The number of likely N-dealkylation sites (tertiary alicyclic amines) is 1. The van der Waals surface area contributed by atoms with Gasteiger partial charge in [-0.15, -0.1) is 0 Å². The predicted molar refractivity (Wildman–Crippen MR) is 55.8 cm³/mol. The van der Waals surface area contributed by atoms with Crippen LogP contribution in [-0.4, -0.2) is 35.7 Å². The molecule has 1 aliphatic heterocycles. The smallest absolute Gasteiger partial charge is 0.0474 e. The Morgan fingerprint density at radius 3 is 2.69 bits per heavy atom. The monoisotopic (exact) mass is 185 g/mol. The molecule has 1 fully saturated rings. The number of rotatable bonds is 5. The summed E-state index contributed by atoms with van der Waals surface area (Å²) < 4.78 is 0. The van der Waals surface area contributed by atoms with Crippen LogP contribution in [0, 0.1) is 5.92 Å². The lowest BCUT2D eigenvalue weighted by Gasteiger charge is -2.23. The van der Waals surface area contributed by atoms with Gasteiger partial charge in [0, 0.05) is 12.6 Å². The van der Waals surface area contributed by atoms with Crippen molar-refractivity contribution in [3.8, 4) is 0 Å². The molecule has 13 heavy (non-hydrogen) atoms. The van der Waals surface area contributed by atoms with Crippen molar-refractivity contribution in [3.05, 3.63) is 0 Å². The van der Waals surface area contributed by atoms with Crippen molar-refractivity contribution in [3.63, 3.8) is 0 Å². The second-order valence-corrected chi connectivity index (χ2v) is 4.22. The maximum Gasteiger partial charge on any atom is 0.0474 e. The summed E-state index contributed by atoms with van der Waals surface area (Å²) in [4.78, 5) is 2.52. The van der Waals surface area contributed by atoms with Gasteiger partial charge in [-0.05, 0) is 38.8 Å². The summed E-state index contributed by atoms with van der Waals surface area (Å²) in [5, 5.41) is 9.10. The van der Waals surface area contributed by atoms with Crippen LogP contribution in [0.5, 0.6) is 0 Å². The Labute approximate surface area is 81.9 Å². The fourth-order valence-electron chi connectivity index (χ4n) is 2.20. The fraction of sp³-hybridized carbons (Fsp3) is 1.00. The Balaban J connectivity index is 2.20. The van der Waals surface area contributed by atoms with E-state index in [0.29, 0.717) is 18.6 Å². The maximum atomic E-state index is 9.10. The Morgan fingerprint density at radius 2 is 2.15 bits per heavy atom.